The van der Waals surface area contributed by atoms with E-state index in [2.05, 4.69) is 259 Å². The van der Waals surface area contributed by atoms with Crippen molar-refractivity contribution in [3.8, 4) is 33.8 Å². The summed E-state index contributed by atoms with van der Waals surface area (Å²) in [7, 11) is 0. The Kier molecular flexibility index (Phi) is 9.48. The molecule has 0 unspecified atom stereocenters. The molecule has 9 aromatic carbocycles. The minimum absolute atomic E-state index is 0.00165. The van der Waals surface area contributed by atoms with Crippen LogP contribution in [0.2, 0.25) is 0 Å². The van der Waals surface area contributed by atoms with Crippen LogP contribution in [-0.2, 0) is 5.41 Å². The van der Waals surface area contributed by atoms with Gasteiger partial charge in [-0.15, -0.1) is 0 Å². The molecule has 2 aliphatic heterocycles. The third kappa shape index (κ3) is 6.76. The largest absolute Gasteiger partial charge is 0.457 e. The molecule has 0 amide bonds. The van der Waals surface area contributed by atoms with E-state index in [1.807, 2.05) is 0 Å². The van der Waals surface area contributed by atoms with Gasteiger partial charge < -0.3 is 19.9 Å². The van der Waals surface area contributed by atoms with Crippen LogP contribution in [0.4, 0.5) is 28.6 Å². The van der Waals surface area contributed by atoms with Gasteiger partial charge in [0, 0.05) is 57.2 Å². The normalized spacial score (nSPS) is 13.3. The smallest absolute Gasteiger partial charge is 0.129 e. The minimum Gasteiger partial charge on any atom is -0.457 e. The van der Waals surface area contributed by atoms with Gasteiger partial charge in [-0.25, -0.2) is 0 Å². The Morgan fingerprint density at radius 2 is 1.07 bits per heavy atom. The van der Waals surface area contributed by atoms with Gasteiger partial charge in [0.15, 0.2) is 0 Å². The molecule has 0 spiro atoms. The maximum Gasteiger partial charge on any atom is 0.129 e. The van der Waals surface area contributed by atoms with Gasteiger partial charge in [0.1, 0.15) is 24.0 Å². The monoisotopic (exact) mass is 890 g/mol. The molecule has 0 aliphatic carbocycles. The predicted octanol–water partition coefficient (Wildman–Crippen LogP) is 17.2. The quantitative estimate of drug-likeness (QED) is 0.180. The molecule has 5 nitrogen and oxygen atoms in total. The fraction of sp³-hybridized carbons (Fsp3) is 0.0938. The zero-order chi connectivity index (χ0) is 46.2. The molecule has 4 heterocycles. The summed E-state index contributed by atoms with van der Waals surface area (Å²) in [6.45, 7) is 8.25. The first-order valence-electron chi connectivity index (χ1n) is 24.0. The Morgan fingerprint density at radius 3 is 1.80 bits per heavy atom. The lowest BCUT2D eigenvalue weighted by Crippen LogP contribution is -2.24. The maximum atomic E-state index is 6.95. The molecule has 332 valence electrons. The number of hydrogen-bond acceptors (Lipinski definition) is 4. The van der Waals surface area contributed by atoms with Crippen LogP contribution in [0, 0.1) is 0 Å². The van der Waals surface area contributed by atoms with E-state index in [9.17, 15) is 0 Å². The van der Waals surface area contributed by atoms with E-state index < -0.39 is 0 Å². The third-order valence-corrected chi connectivity index (χ3v) is 14.2. The summed E-state index contributed by atoms with van der Waals surface area (Å²) in [5.41, 5.74) is 14.0. The Labute approximate surface area is 402 Å². The van der Waals surface area contributed by atoms with Crippen molar-refractivity contribution in [1.82, 2.24) is 4.40 Å². The molecule has 5 heteroatoms. The van der Waals surface area contributed by atoms with E-state index >= 15 is 0 Å². The second-order valence-electron chi connectivity index (χ2n) is 19.3. The van der Waals surface area contributed by atoms with Crippen LogP contribution in [0.25, 0.3) is 77.1 Å². The Balaban J connectivity index is 0.947. The van der Waals surface area contributed by atoms with E-state index in [4.69, 9.17) is 4.74 Å². The lowest BCUT2D eigenvalue weighted by atomic mass is 9.85. The molecule has 2 aliphatic rings. The summed E-state index contributed by atoms with van der Waals surface area (Å²) >= 11 is 0. The zero-order valence-electron chi connectivity index (χ0n) is 38.9. The second-order valence-corrected chi connectivity index (χ2v) is 19.3. The summed E-state index contributed by atoms with van der Waals surface area (Å²) in [5.74, 6) is 2.62. The zero-order valence-corrected chi connectivity index (χ0v) is 38.9. The fourth-order valence-electron chi connectivity index (χ4n) is 10.9. The summed E-state index contributed by atoms with van der Waals surface area (Å²) in [6.07, 6.45) is 4.55. The van der Waals surface area contributed by atoms with E-state index in [0.29, 0.717) is 6.67 Å². The Bertz CT molecular complexity index is 3840. The maximum absolute atomic E-state index is 6.95. The average molecular weight is 891 g/mol. The Hall–Kier alpha value is -8.54. The topological polar surface area (TPSA) is 32.2 Å². The lowest BCUT2D eigenvalue weighted by molar-refractivity contribution is 0.483. The van der Waals surface area contributed by atoms with Crippen molar-refractivity contribution in [3.05, 3.63) is 223 Å². The number of ether oxygens (including phenoxy) is 1. The number of para-hydroxylation sites is 4. The highest BCUT2D eigenvalue weighted by atomic mass is 16.5. The number of benzene rings is 9. The molecular weight excluding hydrogens is 841 g/mol. The first-order valence-corrected chi connectivity index (χ1v) is 24.0. The van der Waals surface area contributed by atoms with Crippen molar-refractivity contribution >= 4 is 83.4 Å². The highest BCUT2D eigenvalue weighted by molar-refractivity contribution is 6.23. The van der Waals surface area contributed by atoms with Crippen molar-refractivity contribution in [3.63, 3.8) is 0 Å². The van der Waals surface area contributed by atoms with Crippen LogP contribution in [0.15, 0.2) is 212 Å². The van der Waals surface area contributed by atoms with E-state index in [1.165, 1.54) is 82.3 Å². The summed E-state index contributed by atoms with van der Waals surface area (Å²) in [6, 6.07) is 74.8. The molecule has 0 saturated carbocycles. The first-order chi connectivity index (χ1) is 33.9. The standard InChI is InChI=1S/C64H50N4O/c1-64(2,3)44-33-35-52-56-30-17-37-65-63(56)68-60-40-47(34-36-53(60)55-29-16-28-54(62(55)68)50-24-10-11-25-51(50)57(52)38-44)69-46-23-14-22-45(39-46)66-41-67(59-32-13-12-31-58(59)66)61-48(42-18-6-4-7-19-42)26-15-27-49(61)43-20-8-5-9-21-43/h4-36,38-40,65H,37,41H2,1-3H3. The van der Waals surface area contributed by atoms with Crippen LogP contribution >= 0.6 is 0 Å². The SMILES string of the molecule is CC(C)(C)c1ccc2c3c(n4c5cc(Oc6cccc(N7CN(c8c(-c9ccccc9)cccc8-c8ccccc8)c8ccccc87)c6)ccc5c5cccc(c6ccccc6c2c1)c54)NCC=C3. The number of fused-ring (bicyclic) bond motifs is 11. The second kappa shape index (κ2) is 16.1. The van der Waals surface area contributed by atoms with Crippen molar-refractivity contribution < 1.29 is 4.74 Å². The van der Waals surface area contributed by atoms with E-state index in [1.54, 1.807) is 0 Å². The molecule has 13 rings (SSSR count). The molecule has 1 N–H and O–H groups in total. The van der Waals surface area contributed by atoms with Crippen molar-refractivity contribution in [2.24, 2.45) is 0 Å². The Morgan fingerprint density at radius 1 is 0.478 bits per heavy atom. The van der Waals surface area contributed by atoms with Crippen LogP contribution in [0.3, 0.4) is 0 Å². The molecule has 0 bridgehead atoms. The number of nitrogens with one attached hydrogen (secondary N) is 1. The van der Waals surface area contributed by atoms with Crippen molar-refractivity contribution in [1.29, 1.82) is 0 Å². The summed E-state index contributed by atoms with van der Waals surface area (Å²) in [5, 5.41) is 12.4. The molecule has 69 heavy (non-hydrogen) atoms. The lowest BCUT2D eigenvalue weighted by Gasteiger charge is -2.27. The van der Waals surface area contributed by atoms with E-state index in [0.717, 1.165) is 46.4 Å². The number of rotatable bonds is 6. The number of nitrogens with zero attached hydrogens (tertiary/aromatic N) is 3. The van der Waals surface area contributed by atoms with Crippen LogP contribution < -0.4 is 19.9 Å². The molecule has 0 fully saturated rings. The summed E-state index contributed by atoms with van der Waals surface area (Å²) < 4.78 is 9.41. The van der Waals surface area contributed by atoms with Crippen molar-refractivity contribution in [2.75, 3.05) is 28.3 Å². The predicted molar refractivity (Wildman–Crippen MR) is 292 cm³/mol. The molecule has 0 atom stereocenters. The average Bonchev–Trinajstić information content (AvgIpc) is 3.95. The van der Waals surface area contributed by atoms with Gasteiger partial charge in [-0.1, -0.05) is 185 Å². The van der Waals surface area contributed by atoms with Gasteiger partial charge in [0.05, 0.1) is 28.1 Å². The van der Waals surface area contributed by atoms with E-state index in [-0.39, 0.29) is 5.41 Å². The molecular formula is C64H50N4O. The minimum atomic E-state index is -0.00165. The molecule has 0 radical (unpaired) electrons. The number of anilines is 5. The molecule has 0 saturated heterocycles. The third-order valence-electron chi connectivity index (χ3n) is 14.2. The first kappa shape index (κ1) is 40.7. The van der Waals surface area contributed by atoms with Gasteiger partial charge in [0.2, 0.25) is 0 Å². The van der Waals surface area contributed by atoms with Gasteiger partial charge >= 0.3 is 0 Å². The molecule has 11 aromatic rings. The number of hydrogen-bond donors (Lipinski definition) is 1. The highest BCUT2D eigenvalue weighted by Crippen LogP contribution is 2.51. The number of aromatic nitrogens is 1. The molecule has 2 aromatic heterocycles. The van der Waals surface area contributed by atoms with Gasteiger partial charge in [-0.2, -0.15) is 0 Å². The van der Waals surface area contributed by atoms with Crippen LogP contribution in [-0.4, -0.2) is 17.6 Å². The highest BCUT2D eigenvalue weighted by Gasteiger charge is 2.31. The van der Waals surface area contributed by atoms with Crippen LogP contribution in [0.1, 0.15) is 31.9 Å². The van der Waals surface area contributed by atoms with Crippen molar-refractivity contribution in [2.45, 2.75) is 26.2 Å². The summed E-state index contributed by atoms with van der Waals surface area (Å²) in [4.78, 5) is 4.88. The van der Waals surface area contributed by atoms with Gasteiger partial charge in [-0.3, -0.25) is 4.40 Å². The fourth-order valence-corrected chi connectivity index (χ4v) is 10.9. The van der Waals surface area contributed by atoms with Crippen LogP contribution in [0.5, 0.6) is 11.5 Å². The van der Waals surface area contributed by atoms with Gasteiger partial charge in [0.25, 0.3) is 0 Å². The van der Waals surface area contributed by atoms with Gasteiger partial charge in [-0.05, 0) is 86.1 Å².